The highest BCUT2D eigenvalue weighted by Gasteiger charge is 2.29. The number of rotatable bonds is 6. The average Bonchev–Trinajstić information content (AvgIpc) is 3.04. The maximum absolute atomic E-state index is 2.57. The van der Waals surface area contributed by atoms with Crippen LogP contribution >= 0.6 is 0 Å². The molecule has 1 radical (unpaired) electrons. The quantitative estimate of drug-likeness (QED) is 0.134. The lowest BCUT2D eigenvalue weighted by molar-refractivity contribution is 1.34. The fraction of sp³-hybridized carbons (Fsp3) is 0.136. The summed E-state index contributed by atoms with van der Waals surface area (Å²) in [4.78, 5) is 0. The molecule has 0 bridgehead atoms. The van der Waals surface area contributed by atoms with E-state index in [1.54, 1.807) is 0 Å². The van der Waals surface area contributed by atoms with E-state index < -0.39 is 0 Å². The Balaban J connectivity index is 1.47. The van der Waals surface area contributed by atoms with Gasteiger partial charge < -0.3 is 0 Å². The van der Waals surface area contributed by atoms with E-state index in [0.717, 1.165) is 0 Å². The van der Waals surface area contributed by atoms with E-state index in [0.29, 0.717) is 0 Å². The van der Waals surface area contributed by atoms with E-state index in [-0.39, 0.29) is 6.60 Å². The Labute approximate surface area is 275 Å². The van der Waals surface area contributed by atoms with Gasteiger partial charge in [-0.1, -0.05) is 177 Å². The Bertz CT molecular complexity index is 2070. The zero-order chi connectivity index (χ0) is 31.9. The topological polar surface area (TPSA) is 0 Å². The molecule has 0 aliphatic carbocycles. The van der Waals surface area contributed by atoms with Gasteiger partial charge in [-0.3, -0.25) is 0 Å². The minimum Gasteiger partial charge on any atom is -0.0800 e. The van der Waals surface area contributed by atoms with Gasteiger partial charge in [0.05, 0.1) is 0 Å². The van der Waals surface area contributed by atoms with Gasteiger partial charge in [0.25, 0.3) is 0 Å². The molecule has 0 heterocycles. The van der Waals surface area contributed by atoms with Crippen LogP contribution in [0.2, 0.25) is 0 Å². The second-order valence-electron chi connectivity index (χ2n) is 13.1. The van der Waals surface area contributed by atoms with Crippen LogP contribution in [0.5, 0.6) is 0 Å². The van der Waals surface area contributed by atoms with Crippen LogP contribution in [0, 0.1) is 41.5 Å². The fourth-order valence-corrected chi connectivity index (χ4v) is 7.95. The minimum atomic E-state index is 0.115. The van der Waals surface area contributed by atoms with Crippen molar-refractivity contribution >= 4 is 51.7 Å². The third-order valence-electron chi connectivity index (χ3n) is 9.69. The summed E-state index contributed by atoms with van der Waals surface area (Å²) in [6, 6.07) is 47.1. The van der Waals surface area contributed by atoms with Crippen molar-refractivity contribution in [2.75, 3.05) is 0 Å². The summed E-state index contributed by atoms with van der Waals surface area (Å²) < 4.78 is 0. The molecule has 0 saturated carbocycles. The Hall–Kier alpha value is -4.81. The van der Waals surface area contributed by atoms with Crippen LogP contribution in [0.15, 0.2) is 127 Å². The third-order valence-corrected chi connectivity index (χ3v) is 9.69. The van der Waals surface area contributed by atoms with Crippen molar-refractivity contribution in [2.45, 2.75) is 41.5 Å². The summed E-state index contributed by atoms with van der Waals surface area (Å²) >= 11 is 0. The molecule has 0 nitrogen and oxygen atoms in total. The van der Waals surface area contributed by atoms with E-state index >= 15 is 0 Å². The van der Waals surface area contributed by atoms with Gasteiger partial charge in [0.15, 0.2) is 6.60 Å². The van der Waals surface area contributed by atoms with E-state index in [9.17, 15) is 0 Å². The molecule has 0 amide bonds. The first-order valence-corrected chi connectivity index (χ1v) is 16.4. The van der Waals surface area contributed by atoms with Crippen LogP contribution in [0.3, 0.4) is 0 Å². The predicted molar refractivity (Wildman–Crippen MR) is 204 cm³/mol. The van der Waals surface area contributed by atoms with Gasteiger partial charge in [-0.2, -0.15) is 0 Å². The molecule has 2 heteroatoms. The van der Waals surface area contributed by atoms with Crippen LogP contribution in [0.1, 0.15) is 33.4 Å². The van der Waals surface area contributed by atoms with Crippen LogP contribution in [-0.4, -0.2) is 13.8 Å². The number of aryl methyl sites for hydroxylation is 6. The first-order valence-electron chi connectivity index (χ1n) is 16.4. The van der Waals surface area contributed by atoms with Gasteiger partial charge in [-0.25, -0.2) is 0 Å². The van der Waals surface area contributed by atoms with Gasteiger partial charge in [0.2, 0.25) is 0 Å². The molecular weight excluding hydrogens is 550 g/mol. The highest BCUT2D eigenvalue weighted by atomic mass is 14.2. The van der Waals surface area contributed by atoms with E-state index in [4.69, 9.17) is 0 Å². The van der Waals surface area contributed by atoms with Crippen molar-refractivity contribution in [1.29, 1.82) is 0 Å². The molecule has 0 N–H and O–H groups in total. The number of hydrogen-bond donors (Lipinski definition) is 0. The Morgan fingerprint density at radius 1 is 0.391 bits per heavy atom. The predicted octanol–water partition coefficient (Wildman–Crippen LogP) is 9.31. The number of hydrogen-bond acceptors (Lipinski definition) is 0. The molecule has 46 heavy (non-hydrogen) atoms. The molecule has 0 atom stereocenters. The van der Waals surface area contributed by atoms with Crippen molar-refractivity contribution in [3.05, 3.63) is 161 Å². The minimum absolute atomic E-state index is 0.115. The van der Waals surface area contributed by atoms with Gasteiger partial charge in [0.1, 0.15) is 7.17 Å². The first kappa shape index (κ1) is 29.9. The monoisotopic (exact) mass is 589 g/mol. The maximum atomic E-state index is 2.57. The van der Waals surface area contributed by atoms with Gasteiger partial charge in [-0.05, 0) is 85.3 Å². The second kappa shape index (κ2) is 12.2. The molecule has 7 aromatic rings. The Morgan fingerprint density at radius 3 is 1.22 bits per heavy atom. The number of benzene rings is 7. The lowest BCUT2D eigenvalue weighted by Crippen LogP contribution is -2.55. The third kappa shape index (κ3) is 5.37. The van der Waals surface area contributed by atoms with Crippen molar-refractivity contribution in [3.63, 3.8) is 0 Å². The molecule has 221 valence electrons. The van der Waals surface area contributed by atoms with Gasteiger partial charge in [0, 0.05) is 0 Å². The zero-order valence-electron chi connectivity index (χ0n) is 27.8. The molecule has 7 aromatic carbocycles. The normalized spacial score (nSPS) is 11.3. The van der Waals surface area contributed by atoms with Crippen LogP contribution in [0.25, 0.3) is 43.8 Å². The SMILES string of the molecule is Cc1cc(C)c(B([B]c2c3ccccc3c(-c3ccc(-c4ccccc4)cc3)c3ccccc23)c2c(C)cc(C)cc2C)c(C)c1. The molecule has 0 aromatic heterocycles. The fourth-order valence-electron chi connectivity index (χ4n) is 7.95. The Kier molecular flexibility index (Phi) is 7.91. The molecule has 0 spiro atoms. The Morgan fingerprint density at radius 2 is 0.761 bits per heavy atom. The maximum Gasteiger partial charge on any atom is 0.178 e. The summed E-state index contributed by atoms with van der Waals surface area (Å²) in [5.74, 6) is 0. The summed E-state index contributed by atoms with van der Waals surface area (Å²) in [5.41, 5.74) is 17.2. The molecule has 0 unspecified atom stereocenters. The first-order chi connectivity index (χ1) is 22.3. The van der Waals surface area contributed by atoms with Crippen LogP contribution < -0.4 is 16.4 Å². The van der Waals surface area contributed by atoms with Crippen LogP contribution in [-0.2, 0) is 0 Å². The van der Waals surface area contributed by atoms with Crippen molar-refractivity contribution < 1.29 is 0 Å². The summed E-state index contributed by atoms with van der Waals surface area (Å²) in [7, 11) is 2.57. The second-order valence-corrected chi connectivity index (χ2v) is 13.1. The van der Waals surface area contributed by atoms with Gasteiger partial charge in [-0.15, -0.1) is 0 Å². The number of fused-ring (bicyclic) bond motifs is 2. The lowest BCUT2D eigenvalue weighted by atomic mass is 9.13. The smallest absolute Gasteiger partial charge is 0.0800 e. The molecular formula is C44H39B2. The molecule has 0 aliphatic rings. The lowest BCUT2D eigenvalue weighted by Gasteiger charge is -2.26. The van der Waals surface area contributed by atoms with E-state index in [2.05, 4.69) is 176 Å². The van der Waals surface area contributed by atoms with E-state index in [1.165, 1.54) is 93.6 Å². The van der Waals surface area contributed by atoms with E-state index in [1.807, 2.05) is 0 Å². The molecule has 7 rings (SSSR count). The molecule has 0 fully saturated rings. The standard InChI is InChI=1S/C44H39B2/c1-28-24-30(3)43(31(4)25-28)46(44-32(5)26-29(2)27-33(44)6)45-42-39-18-12-10-16-37(39)41(38-17-11-13-19-40(38)42)36-22-20-35(21-23-36)34-14-8-7-9-15-34/h7-27H,1-6H3. The largest absolute Gasteiger partial charge is 0.178 e. The zero-order valence-corrected chi connectivity index (χ0v) is 27.8. The summed E-state index contributed by atoms with van der Waals surface area (Å²) in [6.45, 7) is 13.7. The molecule has 0 aliphatic heterocycles. The average molecular weight is 589 g/mol. The summed E-state index contributed by atoms with van der Waals surface area (Å²) in [6.07, 6.45) is 0. The van der Waals surface area contributed by atoms with Crippen molar-refractivity contribution in [3.8, 4) is 22.3 Å². The highest BCUT2D eigenvalue weighted by Crippen LogP contribution is 2.36. The van der Waals surface area contributed by atoms with Crippen molar-refractivity contribution in [2.24, 2.45) is 0 Å². The van der Waals surface area contributed by atoms with Gasteiger partial charge >= 0.3 is 0 Å². The summed E-state index contributed by atoms with van der Waals surface area (Å²) in [5, 5.41) is 5.15. The van der Waals surface area contributed by atoms with Crippen LogP contribution in [0.4, 0.5) is 0 Å². The highest BCUT2D eigenvalue weighted by molar-refractivity contribution is 7.30. The molecule has 0 saturated heterocycles. The van der Waals surface area contributed by atoms with Crippen molar-refractivity contribution in [1.82, 2.24) is 0 Å².